The highest BCUT2D eigenvalue weighted by Crippen LogP contribution is 2.41. The first-order chi connectivity index (χ1) is 9.20. The summed E-state index contributed by atoms with van der Waals surface area (Å²) in [5.41, 5.74) is 6.18. The molecule has 3 N–H and O–H groups in total. The SMILES string of the molecule is CC(C)(CC1=C(CBr)C[S+]([O-])[C@H]2C(N)C(=O)N12)C(=O)O.Cl. The van der Waals surface area contributed by atoms with Gasteiger partial charge in [-0.15, -0.1) is 12.4 Å². The third kappa shape index (κ3) is 3.10. The lowest BCUT2D eigenvalue weighted by molar-refractivity contribution is -0.149. The average Bonchev–Trinajstić information content (AvgIpc) is 2.38. The van der Waals surface area contributed by atoms with Crippen LogP contribution in [0.5, 0.6) is 0 Å². The first-order valence-electron chi connectivity index (χ1n) is 6.17. The third-order valence-corrected chi connectivity index (χ3v) is 6.07. The maximum atomic E-state index is 12.1. The quantitative estimate of drug-likeness (QED) is 0.412. The summed E-state index contributed by atoms with van der Waals surface area (Å²) in [6, 6.07) is -0.740. The van der Waals surface area contributed by atoms with Crippen molar-refractivity contribution in [2.24, 2.45) is 11.1 Å². The Morgan fingerprint density at radius 1 is 1.62 bits per heavy atom. The number of β-lactam (4-membered cyclic amide) rings is 1. The fourth-order valence-electron chi connectivity index (χ4n) is 2.38. The second kappa shape index (κ2) is 6.45. The number of hydrogen-bond acceptors (Lipinski definition) is 4. The molecule has 2 rings (SSSR count). The molecule has 21 heavy (non-hydrogen) atoms. The highest BCUT2D eigenvalue weighted by atomic mass is 79.9. The summed E-state index contributed by atoms with van der Waals surface area (Å²) in [5, 5.41) is 9.21. The molecule has 1 fully saturated rings. The summed E-state index contributed by atoms with van der Waals surface area (Å²) in [5.74, 6) is -0.879. The van der Waals surface area contributed by atoms with Crippen molar-refractivity contribution in [3.63, 3.8) is 0 Å². The lowest BCUT2D eigenvalue weighted by atomic mass is 9.85. The number of fused-ring (bicyclic) bond motifs is 1. The lowest BCUT2D eigenvalue weighted by Crippen LogP contribution is -2.72. The van der Waals surface area contributed by atoms with E-state index in [0.29, 0.717) is 16.8 Å². The number of nitrogens with two attached hydrogens (primary N) is 1. The van der Waals surface area contributed by atoms with Crippen molar-refractivity contribution >= 4 is 51.4 Å². The van der Waals surface area contributed by atoms with E-state index in [0.717, 1.165) is 5.57 Å². The first-order valence-corrected chi connectivity index (χ1v) is 8.67. The Hall–Kier alpha value is -0.280. The summed E-state index contributed by atoms with van der Waals surface area (Å²) in [6.45, 7) is 3.22. The van der Waals surface area contributed by atoms with Gasteiger partial charge in [-0.1, -0.05) is 15.9 Å². The molecule has 2 heterocycles. The standard InChI is InChI=1S/C12H17BrN2O4S.ClH/c1-12(2,11(17)18)3-7-6(4-13)5-20(19)10-8(14)9(16)15(7)10;/h8,10H,3-5,14H2,1-2H3,(H,17,18);1H/t8?,10-,20?;/m0./s1. The number of halogens is 2. The predicted molar refractivity (Wildman–Crippen MR) is 85.7 cm³/mol. The first kappa shape index (κ1) is 18.8. The fourth-order valence-corrected chi connectivity index (χ4v) is 4.86. The summed E-state index contributed by atoms with van der Waals surface area (Å²) >= 11 is 2.10. The monoisotopic (exact) mass is 400 g/mol. The van der Waals surface area contributed by atoms with Gasteiger partial charge in [0.25, 0.3) is 5.91 Å². The van der Waals surface area contributed by atoms with Crippen molar-refractivity contribution in [3.05, 3.63) is 11.3 Å². The van der Waals surface area contributed by atoms with Crippen LogP contribution >= 0.6 is 28.3 Å². The molecule has 1 saturated heterocycles. The van der Waals surface area contributed by atoms with Gasteiger partial charge in [0.15, 0.2) is 6.04 Å². The zero-order chi connectivity index (χ0) is 15.2. The molecule has 1 amide bonds. The van der Waals surface area contributed by atoms with E-state index in [4.69, 9.17) is 5.73 Å². The Balaban J connectivity index is 0.00000220. The molecule has 6 nitrogen and oxygen atoms in total. The number of alkyl halides is 1. The Morgan fingerprint density at radius 3 is 2.67 bits per heavy atom. The molecular formula is C12H18BrClN2O4S. The molecule has 0 aliphatic carbocycles. The van der Waals surface area contributed by atoms with Crippen molar-refractivity contribution in [3.8, 4) is 0 Å². The summed E-state index contributed by atoms with van der Waals surface area (Å²) in [6.07, 6.45) is 0.218. The molecular weight excluding hydrogens is 384 g/mol. The van der Waals surface area contributed by atoms with Crippen molar-refractivity contribution in [2.75, 3.05) is 11.1 Å². The van der Waals surface area contributed by atoms with E-state index in [2.05, 4.69) is 15.9 Å². The van der Waals surface area contributed by atoms with Crippen LogP contribution in [0.25, 0.3) is 0 Å². The number of carbonyl (C=O) groups is 2. The fraction of sp³-hybridized carbons (Fsp3) is 0.667. The van der Waals surface area contributed by atoms with Crippen LogP contribution in [0.15, 0.2) is 11.3 Å². The molecule has 0 radical (unpaired) electrons. The zero-order valence-electron chi connectivity index (χ0n) is 11.7. The van der Waals surface area contributed by atoms with Gasteiger partial charge in [-0.2, -0.15) is 0 Å². The largest absolute Gasteiger partial charge is 0.614 e. The number of carboxylic acids is 1. The molecule has 0 aromatic rings. The van der Waals surface area contributed by atoms with E-state index >= 15 is 0 Å². The minimum atomic E-state index is -1.22. The molecule has 2 aliphatic rings. The van der Waals surface area contributed by atoms with E-state index in [-0.39, 0.29) is 24.7 Å². The van der Waals surface area contributed by atoms with Crippen LogP contribution in [0.4, 0.5) is 0 Å². The van der Waals surface area contributed by atoms with Crippen LogP contribution in [0.2, 0.25) is 0 Å². The van der Waals surface area contributed by atoms with E-state index in [9.17, 15) is 19.2 Å². The van der Waals surface area contributed by atoms with Gasteiger partial charge in [0, 0.05) is 23.0 Å². The average molecular weight is 402 g/mol. The van der Waals surface area contributed by atoms with Gasteiger partial charge in [0.1, 0.15) is 5.75 Å². The molecule has 2 aliphatic heterocycles. The Kier molecular flexibility index (Phi) is 5.77. The van der Waals surface area contributed by atoms with Crippen molar-refractivity contribution in [1.29, 1.82) is 0 Å². The van der Waals surface area contributed by atoms with Gasteiger partial charge in [-0.05, 0) is 25.0 Å². The molecule has 0 bridgehead atoms. The summed E-state index contributed by atoms with van der Waals surface area (Å²) < 4.78 is 12.1. The Labute approximate surface area is 140 Å². The van der Waals surface area contributed by atoms with Gasteiger partial charge in [0.2, 0.25) is 5.37 Å². The van der Waals surface area contributed by atoms with Gasteiger partial charge < -0.3 is 15.4 Å². The maximum Gasteiger partial charge on any atom is 0.309 e. The van der Waals surface area contributed by atoms with Crippen LogP contribution in [0.3, 0.4) is 0 Å². The lowest BCUT2D eigenvalue weighted by Gasteiger charge is -2.49. The topological polar surface area (TPSA) is 107 Å². The number of carbonyl (C=O) groups excluding carboxylic acids is 1. The molecule has 0 aromatic carbocycles. The molecule has 0 saturated carbocycles. The van der Waals surface area contributed by atoms with E-state index < -0.39 is 34.0 Å². The normalized spacial score (nSPS) is 28.7. The molecule has 0 aromatic heterocycles. The molecule has 3 atom stereocenters. The van der Waals surface area contributed by atoms with Crippen molar-refractivity contribution in [2.45, 2.75) is 31.7 Å². The van der Waals surface area contributed by atoms with Crippen LogP contribution in [-0.4, -0.2) is 48.9 Å². The van der Waals surface area contributed by atoms with Crippen molar-refractivity contribution < 1.29 is 19.2 Å². The molecule has 120 valence electrons. The third-order valence-electron chi connectivity index (χ3n) is 3.72. The number of rotatable bonds is 4. The van der Waals surface area contributed by atoms with Gasteiger partial charge >= 0.3 is 5.97 Å². The van der Waals surface area contributed by atoms with Crippen molar-refractivity contribution in [1.82, 2.24) is 4.90 Å². The van der Waals surface area contributed by atoms with Crippen LogP contribution in [-0.2, 0) is 20.8 Å². The number of allylic oxidation sites excluding steroid dienone is 1. The maximum absolute atomic E-state index is 12.1. The van der Waals surface area contributed by atoms with Crippen LogP contribution < -0.4 is 5.73 Å². The van der Waals surface area contributed by atoms with E-state index in [1.165, 1.54) is 4.90 Å². The smallest absolute Gasteiger partial charge is 0.309 e. The molecule has 9 heteroatoms. The molecule has 2 unspecified atom stereocenters. The number of aliphatic carboxylic acids is 1. The zero-order valence-corrected chi connectivity index (χ0v) is 14.9. The minimum Gasteiger partial charge on any atom is -0.614 e. The number of carboxylic acid groups (broad SMARTS) is 1. The number of hydrogen-bond donors (Lipinski definition) is 2. The highest BCUT2D eigenvalue weighted by molar-refractivity contribution is 9.09. The summed E-state index contributed by atoms with van der Waals surface area (Å²) in [4.78, 5) is 24.7. The Bertz CT molecular complexity index is 500. The predicted octanol–water partition coefficient (Wildman–Crippen LogP) is 0.816. The minimum absolute atomic E-state index is 0. The summed E-state index contributed by atoms with van der Waals surface area (Å²) in [7, 11) is 0. The van der Waals surface area contributed by atoms with Crippen LogP contribution in [0, 0.1) is 5.41 Å². The van der Waals surface area contributed by atoms with Gasteiger partial charge in [-0.3, -0.25) is 14.5 Å². The van der Waals surface area contributed by atoms with Gasteiger partial charge in [-0.25, -0.2) is 0 Å². The second-order valence-electron chi connectivity index (χ2n) is 5.70. The Morgan fingerprint density at radius 2 is 2.19 bits per heavy atom. The van der Waals surface area contributed by atoms with Crippen LogP contribution in [0.1, 0.15) is 20.3 Å². The van der Waals surface area contributed by atoms with E-state index in [1.807, 2.05) is 0 Å². The van der Waals surface area contributed by atoms with E-state index in [1.54, 1.807) is 13.8 Å². The second-order valence-corrected chi connectivity index (χ2v) is 7.79. The van der Waals surface area contributed by atoms with Gasteiger partial charge in [0.05, 0.1) is 5.41 Å². The number of nitrogens with zero attached hydrogens (tertiary/aromatic N) is 1. The molecule has 0 spiro atoms. The highest BCUT2D eigenvalue weighted by Gasteiger charge is 2.57. The number of amides is 1.